The number of hydrogen-bond acceptors (Lipinski definition) is 4. The third-order valence-corrected chi connectivity index (χ3v) is 6.49. The standard InChI is InChI=1S/C20H26N4OS/c1-14(26-20-23-22-18-12-3-2-6-13-24(18)20)19(25)21-17-11-7-9-15-8-4-5-10-16(15)17/h4-5,8,10,14,17H,2-3,6-7,9,11-13H2,1H3,(H,21,25)/t14-,17-/m1/s1. The lowest BCUT2D eigenvalue weighted by atomic mass is 9.88. The molecule has 1 aromatic heterocycles. The van der Waals surface area contributed by atoms with Crippen LogP contribution in [0.15, 0.2) is 29.4 Å². The van der Waals surface area contributed by atoms with Crippen molar-refractivity contribution in [2.45, 2.75) is 74.9 Å². The van der Waals surface area contributed by atoms with Gasteiger partial charge in [0.2, 0.25) is 5.91 Å². The maximum Gasteiger partial charge on any atom is 0.233 e. The van der Waals surface area contributed by atoms with Crippen molar-refractivity contribution in [1.82, 2.24) is 20.1 Å². The first-order valence-corrected chi connectivity index (χ1v) is 10.6. The fourth-order valence-electron chi connectivity index (χ4n) is 3.95. The van der Waals surface area contributed by atoms with Crippen molar-refractivity contribution in [2.24, 2.45) is 0 Å². The minimum Gasteiger partial charge on any atom is -0.348 e. The first-order chi connectivity index (χ1) is 12.7. The number of nitrogens with zero attached hydrogens (tertiary/aromatic N) is 3. The summed E-state index contributed by atoms with van der Waals surface area (Å²) in [7, 11) is 0. The molecule has 4 rings (SSSR count). The molecule has 26 heavy (non-hydrogen) atoms. The quantitative estimate of drug-likeness (QED) is 0.834. The van der Waals surface area contributed by atoms with Gasteiger partial charge in [-0.3, -0.25) is 4.79 Å². The average Bonchev–Trinajstić information content (AvgIpc) is 2.88. The van der Waals surface area contributed by atoms with Crippen LogP contribution in [0.2, 0.25) is 0 Å². The second kappa shape index (κ2) is 7.82. The summed E-state index contributed by atoms with van der Waals surface area (Å²) in [6.45, 7) is 2.93. The number of amides is 1. The number of benzene rings is 1. The van der Waals surface area contributed by atoms with Gasteiger partial charge < -0.3 is 9.88 Å². The summed E-state index contributed by atoms with van der Waals surface area (Å²) in [5.74, 6) is 1.15. The molecule has 2 atom stereocenters. The van der Waals surface area contributed by atoms with Crippen LogP contribution in [0.5, 0.6) is 0 Å². The van der Waals surface area contributed by atoms with Gasteiger partial charge in [0.25, 0.3) is 0 Å². The molecule has 0 radical (unpaired) electrons. The van der Waals surface area contributed by atoms with Gasteiger partial charge in [-0.2, -0.15) is 0 Å². The summed E-state index contributed by atoms with van der Waals surface area (Å²) >= 11 is 1.53. The van der Waals surface area contributed by atoms with Crippen LogP contribution in [-0.4, -0.2) is 25.9 Å². The van der Waals surface area contributed by atoms with Gasteiger partial charge in [-0.05, 0) is 50.2 Å². The van der Waals surface area contributed by atoms with Crippen molar-refractivity contribution in [3.8, 4) is 0 Å². The summed E-state index contributed by atoms with van der Waals surface area (Å²) in [4.78, 5) is 12.8. The molecule has 5 nitrogen and oxygen atoms in total. The van der Waals surface area contributed by atoms with E-state index in [2.05, 4.69) is 44.3 Å². The highest BCUT2D eigenvalue weighted by atomic mass is 32.2. The van der Waals surface area contributed by atoms with Crippen LogP contribution in [0.1, 0.15) is 62.0 Å². The normalized spacial score (nSPS) is 20.6. The Hall–Kier alpha value is -1.82. The first kappa shape index (κ1) is 17.6. The Bertz CT molecular complexity index is 788. The minimum atomic E-state index is -0.180. The Morgan fingerprint density at radius 3 is 3.00 bits per heavy atom. The highest BCUT2D eigenvalue weighted by Crippen LogP contribution is 2.31. The Morgan fingerprint density at radius 2 is 2.08 bits per heavy atom. The fourth-order valence-corrected chi connectivity index (χ4v) is 4.85. The molecule has 0 bridgehead atoms. The van der Waals surface area contributed by atoms with E-state index < -0.39 is 0 Å². The molecule has 2 heterocycles. The molecule has 6 heteroatoms. The van der Waals surface area contributed by atoms with E-state index in [4.69, 9.17) is 0 Å². The van der Waals surface area contributed by atoms with Crippen LogP contribution in [0.4, 0.5) is 0 Å². The van der Waals surface area contributed by atoms with Gasteiger partial charge in [0.05, 0.1) is 11.3 Å². The van der Waals surface area contributed by atoms with E-state index in [0.29, 0.717) is 0 Å². The Labute approximate surface area is 159 Å². The molecular formula is C20H26N4OS. The summed E-state index contributed by atoms with van der Waals surface area (Å²) in [5, 5.41) is 12.6. The highest BCUT2D eigenvalue weighted by Gasteiger charge is 2.25. The maximum atomic E-state index is 12.8. The predicted octanol–water partition coefficient (Wildman–Crippen LogP) is 3.68. The van der Waals surface area contributed by atoms with E-state index in [1.54, 1.807) is 0 Å². The molecule has 1 amide bonds. The molecule has 1 N–H and O–H groups in total. The molecule has 0 saturated heterocycles. The third-order valence-electron chi connectivity index (χ3n) is 5.41. The van der Waals surface area contributed by atoms with Crippen LogP contribution in [0, 0.1) is 0 Å². The molecule has 1 aliphatic carbocycles. The summed E-state index contributed by atoms with van der Waals surface area (Å²) < 4.78 is 2.21. The van der Waals surface area contributed by atoms with E-state index >= 15 is 0 Å². The van der Waals surface area contributed by atoms with E-state index in [1.165, 1.54) is 35.7 Å². The minimum absolute atomic E-state index is 0.0858. The lowest BCUT2D eigenvalue weighted by Gasteiger charge is -2.27. The number of carbonyl (C=O) groups excluding carboxylic acids is 1. The molecule has 0 spiro atoms. The van der Waals surface area contributed by atoms with Gasteiger partial charge >= 0.3 is 0 Å². The number of rotatable bonds is 4. The van der Waals surface area contributed by atoms with E-state index in [-0.39, 0.29) is 17.2 Å². The first-order valence-electron chi connectivity index (χ1n) is 9.69. The lowest BCUT2D eigenvalue weighted by molar-refractivity contribution is -0.121. The monoisotopic (exact) mass is 370 g/mol. The molecule has 0 fully saturated rings. The van der Waals surface area contributed by atoms with Crippen molar-refractivity contribution >= 4 is 17.7 Å². The third kappa shape index (κ3) is 3.65. The van der Waals surface area contributed by atoms with Crippen molar-refractivity contribution in [3.05, 3.63) is 41.2 Å². The molecule has 0 unspecified atom stereocenters. The SMILES string of the molecule is C[C@@H](Sc1nnc2n1CCCCC2)C(=O)N[C@@H]1CCCc2ccccc21. The van der Waals surface area contributed by atoms with Gasteiger partial charge in [-0.1, -0.05) is 42.4 Å². The highest BCUT2D eigenvalue weighted by molar-refractivity contribution is 8.00. The van der Waals surface area contributed by atoms with Gasteiger partial charge in [-0.25, -0.2) is 0 Å². The van der Waals surface area contributed by atoms with Gasteiger partial charge in [0, 0.05) is 13.0 Å². The maximum absolute atomic E-state index is 12.8. The zero-order chi connectivity index (χ0) is 17.9. The fraction of sp³-hybridized carbons (Fsp3) is 0.550. The zero-order valence-corrected chi connectivity index (χ0v) is 16.1. The van der Waals surface area contributed by atoms with Gasteiger partial charge in [0.1, 0.15) is 5.82 Å². The molecule has 0 saturated carbocycles. The molecule has 2 aliphatic rings. The second-order valence-electron chi connectivity index (χ2n) is 7.27. The largest absolute Gasteiger partial charge is 0.348 e. The molecule has 1 aliphatic heterocycles. The summed E-state index contributed by atoms with van der Waals surface area (Å²) in [6.07, 6.45) is 7.83. The Morgan fingerprint density at radius 1 is 1.19 bits per heavy atom. The number of thioether (sulfide) groups is 1. The van der Waals surface area contributed by atoms with Gasteiger partial charge in [-0.15, -0.1) is 10.2 Å². The molecular weight excluding hydrogens is 344 g/mol. The molecule has 1 aromatic carbocycles. The Balaban J connectivity index is 1.42. The van der Waals surface area contributed by atoms with Crippen LogP contribution < -0.4 is 5.32 Å². The average molecular weight is 371 g/mol. The van der Waals surface area contributed by atoms with Crippen molar-refractivity contribution in [2.75, 3.05) is 0 Å². The van der Waals surface area contributed by atoms with Crippen molar-refractivity contribution in [3.63, 3.8) is 0 Å². The van der Waals surface area contributed by atoms with Crippen LogP contribution in [0.3, 0.4) is 0 Å². The Kier molecular flexibility index (Phi) is 5.29. The lowest BCUT2D eigenvalue weighted by Crippen LogP contribution is -2.36. The van der Waals surface area contributed by atoms with E-state index in [0.717, 1.165) is 49.6 Å². The topological polar surface area (TPSA) is 59.8 Å². The number of hydrogen-bond donors (Lipinski definition) is 1. The van der Waals surface area contributed by atoms with Crippen LogP contribution in [0.25, 0.3) is 0 Å². The predicted molar refractivity (Wildman–Crippen MR) is 103 cm³/mol. The zero-order valence-electron chi connectivity index (χ0n) is 15.3. The number of aromatic nitrogens is 3. The van der Waals surface area contributed by atoms with E-state index in [1.807, 2.05) is 6.92 Å². The van der Waals surface area contributed by atoms with Crippen LogP contribution in [-0.2, 0) is 24.2 Å². The number of aryl methyl sites for hydroxylation is 2. The summed E-state index contributed by atoms with van der Waals surface area (Å²) in [6, 6.07) is 8.60. The van der Waals surface area contributed by atoms with Crippen molar-refractivity contribution < 1.29 is 4.79 Å². The molecule has 138 valence electrons. The van der Waals surface area contributed by atoms with Crippen molar-refractivity contribution in [1.29, 1.82) is 0 Å². The van der Waals surface area contributed by atoms with Crippen LogP contribution >= 0.6 is 11.8 Å². The molecule has 2 aromatic rings. The summed E-state index contributed by atoms with van der Waals surface area (Å²) in [5.41, 5.74) is 2.65. The van der Waals surface area contributed by atoms with E-state index in [9.17, 15) is 4.79 Å². The smallest absolute Gasteiger partial charge is 0.233 e. The number of fused-ring (bicyclic) bond motifs is 2. The number of nitrogens with one attached hydrogen (secondary N) is 1. The second-order valence-corrected chi connectivity index (χ2v) is 8.58. The van der Waals surface area contributed by atoms with Gasteiger partial charge in [0.15, 0.2) is 5.16 Å². The number of carbonyl (C=O) groups is 1.